The van der Waals surface area contributed by atoms with Gasteiger partial charge >= 0.3 is 0 Å². The Morgan fingerprint density at radius 3 is 2.91 bits per heavy atom. The van der Waals surface area contributed by atoms with Gasteiger partial charge in [-0.2, -0.15) is 9.65 Å². The highest BCUT2D eigenvalue weighted by molar-refractivity contribution is 5.96. The van der Waals surface area contributed by atoms with Crippen LogP contribution >= 0.6 is 0 Å². The molecule has 0 saturated carbocycles. The van der Waals surface area contributed by atoms with E-state index in [9.17, 15) is 9.65 Å². The van der Waals surface area contributed by atoms with Gasteiger partial charge in [-0.15, -0.1) is 0 Å². The van der Waals surface area contributed by atoms with Crippen LogP contribution in [-0.4, -0.2) is 15.0 Å². The lowest BCUT2D eigenvalue weighted by molar-refractivity contribution is 0.586. The van der Waals surface area contributed by atoms with Gasteiger partial charge in [-0.25, -0.2) is 4.98 Å². The van der Waals surface area contributed by atoms with Gasteiger partial charge in [0.1, 0.15) is 6.07 Å². The maximum absolute atomic E-state index is 13.5. The summed E-state index contributed by atoms with van der Waals surface area (Å²) >= 11 is 0. The van der Waals surface area contributed by atoms with Crippen molar-refractivity contribution in [2.24, 2.45) is 0 Å². The lowest BCUT2D eigenvalue weighted by Gasteiger charge is -2.11. The summed E-state index contributed by atoms with van der Waals surface area (Å²) in [5.41, 5.74) is 3.21. The Hall–Kier alpha value is -3.46. The van der Waals surface area contributed by atoms with Crippen molar-refractivity contribution < 1.29 is 4.39 Å². The van der Waals surface area contributed by atoms with Crippen LogP contribution < -0.4 is 5.32 Å². The molecule has 0 aliphatic heterocycles. The minimum atomic E-state index is -0.612. The molecule has 5 nitrogen and oxygen atoms in total. The molecule has 0 aliphatic rings. The molecular formula is C17H10FN5. The third-order valence-electron chi connectivity index (χ3n) is 3.66. The number of aromatic amines is 1. The normalized spacial score (nSPS) is 10.8. The summed E-state index contributed by atoms with van der Waals surface area (Å²) in [7, 11) is 0. The van der Waals surface area contributed by atoms with Gasteiger partial charge in [0.2, 0.25) is 5.95 Å². The van der Waals surface area contributed by atoms with E-state index in [1.165, 1.54) is 18.5 Å². The summed E-state index contributed by atoms with van der Waals surface area (Å²) in [5.74, 6) is -0.612. The van der Waals surface area contributed by atoms with Gasteiger partial charge in [-0.3, -0.25) is 4.98 Å². The largest absolute Gasteiger partial charge is 0.361 e. The number of benzene rings is 1. The molecule has 2 N–H and O–H groups in total. The quantitative estimate of drug-likeness (QED) is 0.551. The van der Waals surface area contributed by atoms with Gasteiger partial charge in [0.25, 0.3) is 0 Å². The van der Waals surface area contributed by atoms with Crippen LogP contribution in [0.5, 0.6) is 0 Å². The summed E-state index contributed by atoms with van der Waals surface area (Å²) in [5, 5.41) is 14.1. The fraction of sp³-hybridized carbons (Fsp3) is 0. The van der Waals surface area contributed by atoms with Gasteiger partial charge in [0.15, 0.2) is 0 Å². The number of pyridine rings is 2. The zero-order chi connectivity index (χ0) is 15.8. The minimum absolute atomic E-state index is 0.345. The Morgan fingerprint density at radius 1 is 1.13 bits per heavy atom. The van der Waals surface area contributed by atoms with Crippen molar-refractivity contribution in [3.8, 4) is 6.07 Å². The van der Waals surface area contributed by atoms with Crippen molar-refractivity contribution in [1.29, 1.82) is 5.26 Å². The van der Waals surface area contributed by atoms with Gasteiger partial charge in [0, 0.05) is 40.4 Å². The van der Waals surface area contributed by atoms with Crippen molar-refractivity contribution in [3.05, 3.63) is 60.4 Å². The van der Waals surface area contributed by atoms with E-state index >= 15 is 0 Å². The van der Waals surface area contributed by atoms with E-state index in [4.69, 9.17) is 0 Å². The number of hydrogen-bond donors (Lipinski definition) is 2. The summed E-state index contributed by atoms with van der Waals surface area (Å²) in [6, 6.07) is 11.1. The van der Waals surface area contributed by atoms with E-state index in [1.807, 2.05) is 30.5 Å². The molecule has 0 saturated heterocycles. The second-order valence-corrected chi connectivity index (χ2v) is 5.09. The molecule has 0 unspecified atom stereocenters. The van der Waals surface area contributed by atoms with E-state index in [1.54, 1.807) is 0 Å². The fourth-order valence-corrected chi connectivity index (χ4v) is 2.56. The highest BCUT2D eigenvalue weighted by Crippen LogP contribution is 2.29. The summed E-state index contributed by atoms with van der Waals surface area (Å²) in [6.07, 6.45) is 4.67. The van der Waals surface area contributed by atoms with Crippen LogP contribution in [0.4, 0.5) is 15.8 Å². The second kappa shape index (κ2) is 5.07. The number of H-pyrrole nitrogens is 1. The van der Waals surface area contributed by atoms with Crippen molar-refractivity contribution >= 4 is 33.2 Å². The smallest absolute Gasteiger partial charge is 0.213 e. The number of nitriles is 1. The highest BCUT2D eigenvalue weighted by atomic mass is 19.1. The van der Waals surface area contributed by atoms with Crippen molar-refractivity contribution in [2.45, 2.75) is 0 Å². The van der Waals surface area contributed by atoms with Crippen LogP contribution in [0, 0.1) is 17.3 Å². The number of nitrogens with zero attached hydrogens (tertiary/aromatic N) is 3. The molecule has 23 heavy (non-hydrogen) atoms. The van der Waals surface area contributed by atoms with Crippen LogP contribution in [0.3, 0.4) is 0 Å². The minimum Gasteiger partial charge on any atom is -0.361 e. The first kappa shape index (κ1) is 13.2. The Morgan fingerprint density at radius 2 is 2.04 bits per heavy atom. The maximum Gasteiger partial charge on any atom is 0.213 e. The monoisotopic (exact) mass is 303 g/mol. The Labute approximate surface area is 130 Å². The molecule has 0 radical (unpaired) electrons. The highest BCUT2D eigenvalue weighted by Gasteiger charge is 2.11. The number of anilines is 2. The topological polar surface area (TPSA) is 77.4 Å². The van der Waals surface area contributed by atoms with Crippen molar-refractivity contribution in [2.75, 3.05) is 5.32 Å². The van der Waals surface area contributed by atoms with Crippen LogP contribution in [0.2, 0.25) is 0 Å². The van der Waals surface area contributed by atoms with E-state index in [-0.39, 0.29) is 0 Å². The summed E-state index contributed by atoms with van der Waals surface area (Å²) in [4.78, 5) is 10.9. The van der Waals surface area contributed by atoms with Crippen LogP contribution in [0.15, 0.2) is 48.9 Å². The Kier molecular flexibility index (Phi) is 2.91. The van der Waals surface area contributed by atoms with Gasteiger partial charge in [0.05, 0.1) is 23.0 Å². The average molecular weight is 303 g/mol. The molecule has 0 atom stereocenters. The Bertz CT molecular complexity index is 1080. The first-order valence-electron chi connectivity index (χ1n) is 6.93. The van der Waals surface area contributed by atoms with Crippen LogP contribution in [-0.2, 0) is 0 Å². The lowest BCUT2D eigenvalue weighted by atomic mass is 10.1. The van der Waals surface area contributed by atoms with E-state index in [0.717, 1.165) is 16.6 Å². The number of nitrogens with one attached hydrogen (secondary N) is 2. The molecule has 3 heterocycles. The zero-order valence-electron chi connectivity index (χ0n) is 11.8. The van der Waals surface area contributed by atoms with Gasteiger partial charge < -0.3 is 10.3 Å². The van der Waals surface area contributed by atoms with Crippen molar-refractivity contribution in [3.63, 3.8) is 0 Å². The average Bonchev–Trinajstić information content (AvgIpc) is 3.03. The molecule has 4 aromatic rings. The molecule has 0 spiro atoms. The predicted molar refractivity (Wildman–Crippen MR) is 85.8 cm³/mol. The zero-order valence-corrected chi connectivity index (χ0v) is 11.8. The molecule has 0 bridgehead atoms. The first-order chi connectivity index (χ1) is 11.2. The van der Waals surface area contributed by atoms with E-state index in [0.29, 0.717) is 22.2 Å². The molecule has 1 aromatic carbocycles. The number of aromatic nitrogens is 3. The molecule has 110 valence electrons. The second-order valence-electron chi connectivity index (χ2n) is 5.09. The SMILES string of the molecule is N#Cc1cnc2cnc(F)cc2c1Nc1ccc2[nH]ccc2c1. The molecule has 0 fully saturated rings. The molecule has 4 rings (SSSR count). The lowest BCUT2D eigenvalue weighted by Crippen LogP contribution is -1.98. The number of rotatable bonds is 2. The third kappa shape index (κ3) is 2.24. The fourth-order valence-electron chi connectivity index (χ4n) is 2.56. The van der Waals surface area contributed by atoms with Crippen LogP contribution in [0.25, 0.3) is 21.8 Å². The van der Waals surface area contributed by atoms with Gasteiger partial charge in [-0.1, -0.05) is 0 Å². The first-order valence-corrected chi connectivity index (χ1v) is 6.93. The third-order valence-corrected chi connectivity index (χ3v) is 3.66. The maximum atomic E-state index is 13.5. The summed E-state index contributed by atoms with van der Waals surface area (Å²) < 4.78 is 13.5. The van der Waals surface area contributed by atoms with Crippen molar-refractivity contribution in [1.82, 2.24) is 15.0 Å². The van der Waals surface area contributed by atoms with E-state index in [2.05, 4.69) is 26.3 Å². The summed E-state index contributed by atoms with van der Waals surface area (Å²) in [6.45, 7) is 0. The number of halogens is 1. The molecule has 0 aliphatic carbocycles. The van der Waals surface area contributed by atoms with Crippen LogP contribution in [0.1, 0.15) is 5.56 Å². The predicted octanol–water partition coefficient (Wildman–Crippen LogP) is 3.87. The van der Waals surface area contributed by atoms with Gasteiger partial charge in [-0.05, 0) is 24.3 Å². The number of hydrogen-bond acceptors (Lipinski definition) is 4. The molecule has 6 heteroatoms. The number of fused-ring (bicyclic) bond motifs is 2. The molecular weight excluding hydrogens is 293 g/mol. The molecule has 0 amide bonds. The van der Waals surface area contributed by atoms with E-state index < -0.39 is 5.95 Å². The Balaban J connectivity index is 1.89. The molecule has 3 aromatic heterocycles. The standard InChI is InChI=1S/C17H10FN5/c18-16-6-13-15(9-22-16)21-8-11(7-19)17(13)23-12-1-2-14-10(5-12)3-4-20-14/h1-6,8-9,20H,(H,21,23).